The summed E-state index contributed by atoms with van der Waals surface area (Å²) in [6, 6.07) is 16.9. The summed E-state index contributed by atoms with van der Waals surface area (Å²) < 4.78 is 6.52. The number of benzene rings is 3. The summed E-state index contributed by atoms with van der Waals surface area (Å²) in [5, 5.41) is 1.79. The zero-order chi connectivity index (χ0) is 25.6. The highest BCUT2D eigenvalue weighted by Gasteiger charge is 2.61. The maximum Gasteiger partial charge on any atom is 0.268 e. The topological polar surface area (TPSA) is 79.0 Å². The minimum Gasteiger partial charge on any atom is -0.494 e. The van der Waals surface area contributed by atoms with Gasteiger partial charge in [0.1, 0.15) is 11.8 Å². The Hall–Kier alpha value is -2.91. The summed E-state index contributed by atoms with van der Waals surface area (Å²) in [4.78, 5) is 42.3. The number of hydrazine groups is 1. The van der Waals surface area contributed by atoms with Gasteiger partial charge in [0.15, 0.2) is 0 Å². The highest BCUT2D eigenvalue weighted by atomic mass is 79.9. The zero-order valence-corrected chi connectivity index (χ0v) is 22.0. The van der Waals surface area contributed by atoms with Crippen molar-refractivity contribution < 1.29 is 19.1 Å². The Morgan fingerprint density at radius 3 is 2.53 bits per heavy atom. The number of para-hydroxylation sites is 1. The first-order valence-electron chi connectivity index (χ1n) is 11.2. The van der Waals surface area contributed by atoms with Gasteiger partial charge < -0.3 is 4.74 Å². The van der Waals surface area contributed by atoms with E-state index >= 15 is 0 Å². The molecule has 3 unspecified atom stereocenters. The molecule has 0 radical (unpaired) electrons. The summed E-state index contributed by atoms with van der Waals surface area (Å²) in [6.45, 7) is 2.27. The van der Waals surface area contributed by atoms with Gasteiger partial charge in [0.2, 0.25) is 5.91 Å². The van der Waals surface area contributed by atoms with Crippen molar-refractivity contribution in [2.45, 2.75) is 19.0 Å². The number of fused-ring (bicyclic) bond motifs is 1. The largest absolute Gasteiger partial charge is 0.494 e. The monoisotopic (exact) mass is 587 g/mol. The van der Waals surface area contributed by atoms with Crippen molar-refractivity contribution >= 4 is 62.5 Å². The molecule has 3 atom stereocenters. The van der Waals surface area contributed by atoms with E-state index < -0.39 is 35.7 Å². The Kier molecular flexibility index (Phi) is 6.78. The maximum absolute atomic E-state index is 13.8. The molecular formula is C26H20BrCl2N3O4. The lowest BCUT2D eigenvalue weighted by Gasteiger charge is -2.26. The molecule has 2 fully saturated rings. The molecular weight excluding hydrogens is 569 g/mol. The average Bonchev–Trinajstić information content (AvgIpc) is 3.36. The Morgan fingerprint density at radius 1 is 1.03 bits per heavy atom. The molecule has 3 aromatic rings. The molecule has 0 spiro atoms. The SMILES string of the molecule is CCOc1ccccc1C1NN(C(=O)c2cccc(Br)c2)C2C(=O)N(c3ccc(Cl)cc3Cl)C(=O)C12. The molecule has 3 amide bonds. The third-order valence-electron chi connectivity index (χ3n) is 6.23. The van der Waals surface area contributed by atoms with E-state index in [1.165, 1.54) is 17.1 Å². The third kappa shape index (κ3) is 4.18. The molecule has 0 bridgehead atoms. The predicted octanol–water partition coefficient (Wildman–Crippen LogP) is 5.41. The van der Waals surface area contributed by atoms with Crippen LogP contribution in [0.5, 0.6) is 5.75 Å². The lowest BCUT2D eigenvalue weighted by atomic mass is 9.90. The van der Waals surface area contributed by atoms with Crippen LogP contribution in [0.1, 0.15) is 28.9 Å². The van der Waals surface area contributed by atoms with Crippen LogP contribution in [0.25, 0.3) is 0 Å². The van der Waals surface area contributed by atoms with Crippen molar-refractivity contribution in [1.82, 2.24) is 10.4 Å². The van der Waals surface area contributed by atoms with E-state index in [1.54, 1.807) is 36.4 Å². The number of ether oxygens (including phenoxy) is 1. The van der Waals surface area contributed by atoms with Gasteiger partial charge in [-0.2, -0.15) is 0 Å². The standard InChI is InChI=1S/C26H20BrCl2N3O4/c1-2-36-20-9-4-3-8-17(20)22-21-23(32(30-22)24(33)14-6-5-7-15(27)12-14)26(35)31(25(21)34)19-11-10-16(28)13-18(19)29/h3-13,21-23,30H,2H2,1H3. The Bertz CT molecular complexity index is 1380. The molecule has 7 nitrogen and oxygen atoms in total. The summed E-state index contributed by atoms with van der Waals surface area (Å²) >= 11 is 15.8. The van der Waals surface area contributed by atoms with Crippen molar-refractivity contribution in [3.05, 3.63) is 92.4 Å². The number of imide groups is 1. The Labute approximate surface area is 226 Å². The van der Waals surface area contributed by atoms with E-state index in [4.69, 9.17) is 27.9 Å². The van der Waals surface area contributed by atoms with Crippen molar-refractivity contribution in [2.75, 3.05) is 11.5 Å². The number of rotatable bonds is 5. The number of hydrogen-bond donors (Lipinski definition) is 1. The zero-order valence-electron chi connectivity index (χ0n) is 19.0. The van der Waals surface area contributed by atoms with Crippen LogP contribution in [0.15, 0.2) is 71.2 Å². The van der Waals surface area contributed by atoms with Gasteiger partial charge in [-0.15, -0.1) is 0 Å². The number of anilines is 1. The van der Waals surface area contributed by atoms with Gasteiger partial charge in [-0.3, -0.25) is 19.4 Å². The minimum atomic E-state index is -1.09. The van der Waals surface area contributed by atoms with Crippen LogP contribution in [0, 0.1) is 5.92 Å². The van der Waals surface area contributed by atoms with Gasteiger partial charge in [0.05, 0.1) is 29.3 Å². The maximum atomic E-state index is 13.8. The van der Waals surface area contributed by atoms with Gasteiger partial charge in [-0.25, -0.2) is 10.3 Å². The number of carbonyl (C=O) groups excluding carboxylic acids is 3. The van der Waals surface area contributed by atoms with E-state index in [2.05, 4.69) is 21.4 Å². The molecule has 184 valence electrons. The first kappa shape index (κ1) is 24.8. The van der Waals surface area contributed by atoms with E-state index in [0.717, 1.165) is 4.90 Å². The predicted molar refractivity (Wildman–Crippen MR) is 140 cm³/mol. The first-order valence-corrected chi connectivity index (χ1v) is 12.8. The molecule has 3 aromatic carbocycles. The van der Waals surface area contributed by atoms with Crippen LogP contribution >= 0.6 is 39.1 Å². The van der Waals surface area contributed by atoms with Crippen molar-refractivity contribution in [3.8, 4) is 5.75 Å². The fourth-order valence-electron chi connectivity index (χ4n) is 4.72. The molecule has 1 N–H and O–H groups in total. The minimum absolute atomic E-state index is 0.160. The van der Waals surface area contributed by atoms with Crippen LogP contribution < -0.4 is 15.1 Å². The average molecular weight is 589 g/mol. The molecule has 2 saturated heterocycles. The molecule has 36 heavy (non-hydrogen) atoms. The highest BCUT2D eigenvalue weighted by Crippen LogP contribution is 2.45. The van der Waals surface area contributed by atoms with E-state index in [9.17, 15) is 14.4 Å². The number of carbonyl (C=O) groups is 3. The fourth-order valence-corrected chi connectivity index (χ4v) is 5.61. The van der Waals surface area contributed by atoms with Gasteiger partial charge >= 0.3 is 0 Å². The van der Waals surface area contributed by atoms with Crippen LogP contribution in [0.2, 0.25) is 10.0 Å². The summed E-state index contributed by atoms with van der Waals surface area (Å²) in [7, 11) is 0. The van der Waals surface area contributed by atoms with Crippen LogP contribution in [-0.2, 0) is 9.59 Å². The van der Waals surface area contributed by atoms with Crippen molar-refractivity contribution in [1.29, 1.82) is 0 Å². The Morgan fingerprint density at radius 2 is 1.81 bits per heavy atom. The molecule has 2 heterocycles. The first-order chi connectivity index (χ1) is 17.3. The van der Waals surface area contributed by atoms with Gasteiger partial charge in [0, 0.05) is 20.6 Å². The van der Waals surface area contributed by atoms with Crippen LogP contribution in [-0.4, -0.2) is 35.4 Å². The van der Waals surface area contributed by atoms with E-state index in [1.807, 2.05) is 25.1 Å². The smallest absolute Gasteiger partial charge is 0.268 e. The third-order valence-corrected chi connectivity index (χ3v) is 7.26. The second-order valence-corrected chi connectivity index (χ2v) is 10.1. The second kappa shape index (κ2) is 9.86. The van der Waals surface area contributed by atoms with Gasteiger partial charge in [-0.1, -0.05) is 63.4 Å². The quantitative estimate of drug-likeness (QED) is 0.403. The molecule has 5 rings (SSSR count). The number of hydrogen-bond acceptors (Lipinski definition) is 5. The normalized spacial score (nSPS) is 21.2. The summed E-state index contributed by atoms with van der Waals surface area (Å²) in [5.41, 5.74) is 4.40. The van der Waals surface area contributed by atoms with Crippen molar-refractivity contribution in [3.63, 3.8) is 0 Å². The molecule has 0 aliphatic carbocycles. The number of amides is 3. The van der Waals surface area contributed by atoms with Gasteiger partial charge in [0.25, 0.3) is 11.8 Å². The van der Waals surface area contributed by atoms with E-state index in [-0.39, 0.29) is 10.7 Å². The Balaban J connectivity index is 1.62. The molecule has 2 aliphatic rings. The fraction of sp³-hybridized carbons (Fsp3) is 0.192. The second-order valence-electron chi connectivity index (χ2n) is 8.34. The van der Waals surface area contributed by atoms with E-state index in [0.29, 0.717) is 33.0 Å². The molecule has 0 aromatic heterocycles. The number of halogens is 3. The van der Waals surface area contributed by atoms with Gasteiger partial charge in [-0.05, 0) is 49.4 Å². The lowest BCUT2D eigenvalue weighted by molar-refractivity contribution is -0.123. The van der Waals surface area contributed by atoms with Crippen LogP contribution in [0.4, 0.5) is 5.69 Å². The summed E-state index contributed by atoms with van der Waals surface area (Å²) in [6.07, 6.45) is 0. The molecule has 2 aliphatic heterocycles. The lowest BCUT2D eigenvalue weighted by Crippen LogP contribution is -2.48. The summed E-state index contributed by atoms with van der Waals surface area (Å²) in [5.74, 6) is -1.80. The molecule has 10 heteroatoms. The highest BCUT2D eigenvalue weighted by molar-refractivity contribution is 9.10. The molecule has 0 saturated carbocycles. The number of nitrogens with zero attached hydrogens (tertiary/aromatic N) is 2. The van der Waals surface area contributed by atoms with Crippen LogP contribution in [0.3, 0.4) is 0 Å². The van der Waals surface area contributed by atoms with Crippen molar-refractivity contribution in [2.24, 2.45) is 5.92 Å². The number of nitrogens with one attached hydrogen (secondary N) is 1.